The second-order valence-corrected chi connectivity index (χ2v) is 5.75. The van der Waals surface area contributed by atoms with Crippen LogP contribution in [0.4, 0.5) is 0 Å². The van der Waals surface area contributed by atoms with Crippen LogP contribution in [0, 0.1) is 11.8 Å². The zero-order chi connectivity index (χ0) is 11.0. The number of rotatable bonds is 3. The van der Waals surface area contributed by atoms with Crippen LogP contribution in [-0.2, 0) is 4.74 Å². The normalized spacial score (nSPS) is 44.1. The van der Waals surface area contributed by atoms with Crippen molar-refractivity contribution < 1.29 is 9.84 Å². The van der Waals surface area contributed by atoms with Crippen molar-refractivity contribution >= 4 is 0 Å². The number of nitrogens with zero attached hydrogens (tertiary/aromatic N) is 1. The summed E-state index contributed by atoms with van der Waals surface area (Å²) in [6.45, 7) is 4.48. The van der Waals surface area contributed by atoms with Gasteiger partial charge in [0.15, 0.2) is 0 Å². The maximum Gasteiger partial charge on any atom is 0.0588 e. The van der Waals surface area contributed by atoms with E-state index in [0.717, 1.165) is 25.5 Å². The highest BCUT2D eigenvalue weighted by atomic mass is 16.5. The molecule has 0 aromatic rings. The standard InChI is InChI=1S/C13H23NO2/c15-13-4-3-10-8-14(9-12(10)13)6-5-11-2-1-7-16-11/h10-13,15H,1-9H2. The van der Waals surface area contributed by atoms with Crippen LogP contribution in [0.5, 0.6) is 0 Å². The van der Waals surface area contributed by atoms with Crippen molar-refractivity contribution in [2.24, 2.45) is 11.8 Å². The van der Waals surface area contributed by atoms with Crippen molar-refractivity contribution in [1.82, 2.24) is 4.90 Å². The lowest BCUT2D eigenvalue weighted by Crippen LogP contribution is -2.27. The van der Waals surface area contributed by atoms with Gasteiger partial charge in [-0.05, 0) is 38.0 Å². The second kappa shape index (κ2) is 4.63. The van der Waals surface area contributed by atoms with Crippen LogP contribution in [0.2, 0.25) is 0 Å². The molecule has 2 saturated heterocycles. The summed E-state index contributed by atoms with van der Waals surface area (Å²) in [5.74, 6) is 1.35. The summed E-state index contributed by atoms with van der Waals surface area (Å²) in [7, 11) is 0. The number of ether oxygens (including phenoxy) is 1. The first-order chi connectivity index (χ1) is 7.83. The average Bonchev–Trinajstić information content (AvgIpc) is 2.95. The van der Waals surface area contributed by atoms with Crippen LogP contribution in [0.1, 0.15) is 32.1 Å². The molecule has 3 aliphatic rings. The minimum absolute atomic E-state index is 0.0160. The van der Waals surface area contributed by atoms with Crippen molar-refractivity contribution in [3.05, 3.63) is 0 Å². The Bertz CT molecular complexity index is 240. The smallest absolute Gasteiger partial charge is 0.0588 e. The fraction of sp³-hybridized carbons (Fsp3) is 1.00. The summed E-state index contributed by atoms with van der Waals surface area (Å²) in [6, 6.07) is 0. The number of hydrogen-bond acceptors (Lipinski definition) is 3. The van der Waals surface area contributed by atoms with Crippen LogP contribution in [0.25, 0.3) is 0 Å². The average molecular weight is 225 g/mol. The Balaban J connectivity index is 1.44. The molecule has 0 aromatic carbocycles. The van der Waals surface area contributed by atoms with Gasteiger partial charge < -0.3 is 14.7 Å². The van der Waals surface area contributed by atoms with Gasteiger partial charge >= 0.3 is 0 Å². The van der Waals surface area contributed by atoms with Gasteiger partial charge in [-0.15, -0.1) is 0 Å². The summed E-state index contributed by atoms with van der Waals surface area (Å²) >= 11 is 0. The van der Waals surface area contributed by atoms with Gasteiger partial charge in [-0.2, -0.15) is 0 Å². The molecule has 0 aromatic heterocycles. The maximum atomic E-state index is 9.85. The fourth-order valence-corrected chi connectivity index (χ4v) is 3.71. The number of aliphatic hydroxyl groups excluding tert-OH is 1. The summed E-state index contributed by atoms with van der Waals surface area (Å²) in [6.07, 6.45) is 6.47. The molecule has 0 bridgehead atoms. The second-order valence-electron chi connectivity index (χ2n) is 5.75. The van der Waals surface area contributed by atoms with Gasteiger partial charge in [0, 0.05) is 32.2 Å². The predicted molar refractivity (Wildman–Crippen MR) is 62.3 cm³/mol. The molecule has 1 saturated carbocycles. The highest BCUT2D eigenvalue weighted by Crippen LogP contribution is 2.38. The highest BCUT2D eigenvalue weighted by molar-refractivity contribution is 4.93. The van der Waals surface area contributed by atoms with Gasteiger partial charge in [-0.25, -0.2) is 0 Å². The third kappa shape index (κ3) is 2.13. The Hall–Kier alpha value is -0.120. The topological polar surface area (TPSA) is 32.7 Å². The molecule has 2 aliphatic heterocycles. The van der Waals surface area contributed by atoms with Gasteiger partial charge in [0.2, 0.25) is 0 Å². The molecule has 1 aliphatic carbocycles. The number of fused-ring (bicyclic) bond motifs is 1. The van der Waals surface area contributed by atoms with E-state index in [1.165, 1.54) is 38.8 Å². The molecule has 92 valence electrons. The molecule has 4 atom stereocenters. The Kier molecular flexibility index (Phi) is 3.18. The molecular weight excluding hydrogens is 202 g/mol. The molecule has 2 heterocycles. The van der Waals surface area contributed by atoms with Gasteiger partial charge in [-0.3, -0.25) is 0 Å². The molecule has 3 fully saturated rings. The van der Waals surface area contributed by atoms with Gasteiger partial charge in [0.05, 0.1) is 12.2 Å². The summed E-state index contributed by atoms with van der Waals surface area (Å²) < 4.78 is 5.65. The number of aliphatic hydroxyl groups is 1. The molecular formula is C13H23NO2. The van der Waals surface area contributed by atoms with Gasteiger partial charge in [-0.1, -0.05) is 0 Å². The summed E-state index contributed by atoms with van der Waals surface area (Å²) in [5.41, 5.74) is 0. The number of hydrogen-bond donors (Lipinski definition) is 1. The SMILES string of the molecule is OC1CCC2CN(CCC3CCCO3)CC12. The maximum absolute atomic E-state index is 9.85. The zero-order valence-electron chi connectivity index (χ0n) is 9.98. The lowest BCUT2D eigenvalue weighted by molar-refractivity contribution is 0.0904. The molecule has 3 rings (SSSR count). The van der Waals surface area contributed by atoms with Crippen molar-refractivity contribution in [2.75, 3.05) is 26.2 Å². The van der Waals surface area contributed by atoms with E-state index in [9.17, 15) is 5.11 Å². The van der Waals surface area contributed by atoms with E-state index in [4.69, 9.17) is 4.74 Å². The molecule has 1 N–H and O–H groups in total. The monoisotopic (exact) mass is 225 g/mol. The molecule has 0 spiro atoms. The summed E-state index contributed by atoms with van der Waals surface area (Å²) in [4.78, 5) is 2.54. The Morgan fingerprint density at radius 3 is 2.88 bits per heavy atom. The van der Waals surface area contributed by atoms with Crippen molar-refractivity contribution in [1.29, 1.82) is 0 Å². The lowest BCUT2D eigenvalue weighted by atomic mass is 10.00. The van der Waals surface area contributed by atoms with E-state index in [0.29, 0.717) is 12.0 Å². The Labute approximate surface area is 97.8 Å². The summed E-state index contributed by atoms with van der Waals surface area (Å²) in [5, 5.41) is 9.85. The van der Waals surface area contributed by atoms with E-state index in [1.54, 1.807) is 0 Å². The van der Waals surface area contributed by atoms with Gasteiger partial charge in [0.1, 0.15) is 0 Å². The first-order valence-corrected chi connectivity index (χ1v) is 6.85. The highest BCUT2D eigenvalue weighted by Gasteiger charge is 2.41. The Morgan fingerprint density at radius 1 is 1.19 bits per heavy atom. The van der Waals surface area contributed by atoms with E-state index in [2.05, 4.69) is 4.90 Å². The third-order valence-electron chi connectivity index (χ3n) is 4.69. The van der Waals surface area contributed by atoms with Crippen molar-refractivity contribution in [3.8, 4) is 0 Å². The van der Waals surface area contributed by atoms with Crippen LogP contribution in [0.3, 0.4) is 0 Å². The molecule has 4 unspecified atom stereocenters. The predicted octanol–water partition coefficient (Wildman–Crippen LogP) is 1.26. The van der Waals surface area contributed by atoms with Crippen LogP contribution in [0.15, 0.2) is 0 Å². The van der Waals surface area contributed by atoms with E-state index in [1.807, 2.05) is 0 Å². The first-order valence-electron chi connectivity index (χ1n) is 6.85. The first kappa shape index (κ1) is 11.0. The van der Waals surface area contributed by atoms with Crippen molar-refractivity contribution in [3.63, 3.8) is 0 Å². The fourth-order valence-electron chi connectivity index (χ4n) is 3.71. The van der Waals surface area contributed by atoms with Crippen LogP contribution in [-0.4, -0.2) is 48.5 Å². The molecule has 3 heteroatoms. The molecule has 3 nitrogen and oxygen atoms in total. The molecule has 0 amide bonds. The van der Waals surface area contributed by atoms with Gasteiger partial charge in [0.25, 0.3) is 0 Å². The largest absolute Gasteiger partial charge is 0.393 e. The minimum atomic E-state index is -0.0160. The van der Waals surface area contributed by atoms with E-state index >= 15 is 0 Å². The number of likely N-dealkylation sites (tertiary alicyclic amines) is 1. The Morgan fingerprint density at radius 2 is 2.12 bits per heavy atom. The van der Waals surface area contributed by atoms with E-state index < -0.39 is 0 Å². The van der Waals surface area contributed by atoms with Crippen molar-refractivity contribution in [2.45, 2.75) is 44.3 Å². The zero-order valence-corrected chi connectivity index (χ0v) is 9.98. The van der Waals surface area contributed by atoms with Crippen LogP contribution >= 0.6 is 0 Å². The minimum Gasteiger partial charge on any atom is -0.393 e. The quantitative estimate of drug-likeness (QED) is 0.785. The van der Waals surface area contributed by atoms with Crippen LogP contribution < -0.4 is 0 Å². The third-order valence-corrected chi connectivity index (χ3v) is 4.69. The molecule has 0 radical (unpaired) electrons. The lowest BCUT2D eigenvalue weighted by Gasteiger charge is -2.19. The molecule has 16 heavy (non-hydrogen) atoms. The van der Waals surface area contributed by atoms with E-state index in [-0.39, 0.29) is 6.10 Å².